The van der Waals surface area contributed by atoms with Crippen LogP contribution >= 0.6 is 0 Å². The van der Waals surface area contributed by atoms with Crippen molar-refractivity contribution in [3.63, 3.8) is 0 Å². The highest BCUT2D eigenvalue weighted by atomic mass is 16.5. The zero-order valence-corrected chi connectivity index (χ0v) is 21.3. The number of methoxy groups -OCH3 is 4. The lowest BCUT2D eigenvalue weighted by Crippen LogP contribution is -2.34. The molecular weight excluding hydrogens is 480 g/mol. The molecule has 0 aliphatic rings. The first-order chi connectivity index (χ1) is 17.9. The fraction of sp³-hybridized carbons (Fsp3) is 0.308. The van der Waals surface area contributed by atoms with E-state index in [-0.39, 0.29) is 5.91 Å². The molecule has 0 aliphatic heterocycles. The zero-order valence-electron chi connectivity index (χ0n) is 21.3. The molecule has 1 heterocycles. The molecule has 0 saturated carbocycles. The Bertz CT molecular complexity index is 1200. The predicted octanol–water partition coefficient (Wildman–Crippen LogP) is 3.58. The number of unbranched alkanes of at least 4 members (excludes halogenated alkanes) is 1. The molecule has 0 radical (unpaired) electrons. The Hall–Kier alpha value is -4.38. The molecule has 0 aliphatic carbocycles. The lowest BCUT2D eigenvalue weighted by atomic mass is 10.0. The van der Waals surface area contributed by atoms with Crippen LogP contribution in [0.1, 0.15) is 23.3 Å². The van der Waals surface area contributed by atoms with Gasteiger partial charge in [0.15, 0.2) is 0 Å². The summed E-state index contributed by atoms with van der Waals surface area (Å²) >= 11 is 0. The number of aromatic amines is 1. The second kappa shape index (κ2) is 13.1. The Labute approximate surface area is 215 Å². The van der Waals surface area contributed by atoms with Crippen molar-refractivity contribution in [1.82, 2.24) is 21.1 Å². The number of hydrogen-bond acceptors (Lipinski definition) is 7. The van der Waals surface area contributed by atoms with Crippen molar-refractivity contribution in [1.29, 1.82) is 0 Å². The molecule has 37 heavy (non-hydrogen) atoms. The molecule has 0 saturated heterocycles. The molecule has 198 valence electrons. The van der Waals surface area contributed by atoms with Gasteiger partial charge in [-0.15, -0.1) is 0 Å². The summed E-state index contributed by atoms with van der Waals surface area (Å²) in [4.78, 5) is 27.6. The minimum absolute atomic E-state index is 0.300. The van der Waals surface area contributed by atoms with Gasteiger partial charge < -0.3 is 34.6 Å². The number of hydrogen-bond donors (Lipinski definition) is 5. The number of carbonyl (C=O) groups excluding carboxylic acids is 2. The van der Waals surface area contributed by atoms with E-state index in [0.717, 1.165) is 11.1 Å². The summed E-state index contributed by atoms with van der Waals surface area (Å²) in [6.45, 7) is 0.748. The average Bonchev–Trinajstić information content (AvgIpc) is 3.39. The van der Waals surface area contributed by atoms with E-state index in [1.807, 2.05) is 24.3 Å². The number of benzene rings is 2. The Morgan fingerprint density at radius 3 is 2.03 bits per heavy atom. The van der Waals surface area contributed by atoms with Gasteiger partial charge in [-0.2, -0.15) is 0 Å². The van der Waals surface area contributed by atoms with Gasteiger partial charge in [-0.25, -0.2) is 10.3 Å². The lowest BCUT2D eigenvalue weighted by Gasteiger charge is -2.10. The van der Waals surface area contributed by atoms with E-state index >= 15 is 0 Å². The van der Waals surface area contributed by atoms with Crippen molar-refractivity contribution in [2.45, 2.75) is 12.8 Å². The number of carbonyl (C=O) groups is 2. The van der Waals surface area contributed by atoms with Crippen LogP contribution in [0.15, 0.2) is 42.5 Å². The minimum Gasteiger partial charge on any atom is -0.497 e. The SMILES string of the molecule is COc1cc(OC)cc(-c2cc(-c3cc(OC)ccc3OC)[nH]c2C(=O)NCCCCNC(=O)NO)c1. The molecule has 3 amide bonds. The first-order valence-electron chi connectivity index (χ1n) is 11.6. The highest BCUT2D eigenvalue weighted by Crippen LogP contribution is 2.38. The maximum absolute atomic E-state index is 13.3. The minimum atomic E-state index is -0.672. The zero-order chi connectivity index (χ0) is 26.8. The van der Waals surface area contributed by atoms with E-state index < -0.39 is 6.03 Å². The van der Waals surface area contributed by atoms with E-state index in [1.165, 1.54) is 5.48 Å². The van der Waals surface area contributed by atoms with Gasteiger partial charge in [0.2, 0.25) is 0 Å². The molecule has 5 N–H and O–H groups in total. The third-order valence-electron chi connectivity index (χ3n) is 5.68. The van der Waals surface area contributed by atoms with Crippen molar-refractivity contribution >= 4 is 11.9 Å². The van der Waals surface area contributed by atoms with E-state index in [0.29, 0.717) is 65.9 Å². The molecule has 3 aromatic rings. The molecule has 3 rings (SSSR count). The van der Waals surface area contributed by atoms with E-state index in [2.05, 4.69) is 15.6 Å². The van der Waals surface area contributed by atoms with Crippen molar-refractivity contribution in [3.8, 4) is 45.4 Å². The van der Waals surface area contributed by atoms with Crippen molar-refractivity contribution in [2.75, 3.05) is 41.5 Å². The number of amides is 3. The van der Waals surface area contributed by atoms with Crippen LogP contribution in [0.4, 0.5) is 4.79 Å². The number of aromatic nitrogens is 1. The van der Waals surface area contributed by atoms with E-state index in [1.54, 1.807) is 46.6 Å². The summed E-state index contributed by atoms with van der Waals surface area (Å²) in [5.41, 5.74) is 4.63. The molecule has 11 heteroatoms. The fourth-order valence-corrected chi connectivity index (χ4v) is 3.78. The van der Waals surface area contributed by atoms with Gasteiger partial charge in [0, 0.05) is 30.3 Å². The largest absolute Gasteiger partial charge is 0.497 e. The first-order valence-corrected chi connectivity index (χ1v) is 11.6. The summed E-state index contributed by atoms with van der Waals surface area (Å²) < 4.78 is 21.8. The van der Waals surface area contributed by atoms with Crippen molar-refractivity contribution in [3.05, 3.63) is 48.2 Å². The molecule has 0 atom stereocenters. The van der Waals surface area contributed by atoms with Crippen molar-refractivity contribution in [2.24, 2.45) is 0 Å². The molecule has 2 aromatic carbocycles. The van der Waals surface area contributed by atoms with Crippen LogP contribution in [0.5, 0.6) is 23.0 Å². The second-order valence-corrected chi connectivity index (χ2v) is 7.97. The lowest BCUT2D eigenvalue weighted by molar-refractivity contribution is 0.0949. The van der Waals surface area contributed by atoms with E-state index in [4.69, 9.17) is 24.2 Å². The predicted molar refractivity (Wildman–Crippen MR) is 138 cm³/mol. The van der Waals surface area contributed by atoms with Crippen LogP contribution < -0.4 is 35.1 Å². The standard InChI is InChI=1S/C26H32N4O7/c1-34-17-7-8-23(37-4)21(14-17)22-15-20(16-11-18(35-2)13-19(12-16)36-3)24(29-22)25(31)27-9-5-6-10-28-26(32)30-33/h7-8,11-15,29,33H,5-6,9-10H2,1-4H3,(H,27,31)(H2,28,30,32). The van der Waals surface area contributed by atoms with Crippen LogP contribution in [0.2, 0.25) is 0 Å². The molecule has 0 spiro atoms. The third kappa shape index (κ3) is 6.85. The number of urea groups is 1. The summed E-state index contributed by atoms with van der Waals surface area (Å²) in [5, 5.41) is 13.9. The van der Waals surface area contributed by atoms with Gasteiger partial charge in [-0.05, 0) is 54.8 Å². The number of hydroxylamine groups is 1. The van der Waals surface area contributed by atoms with Crippen molar-refractivity contribution < 1.29 is 33.7 Å². The van der Waals surface area contributed by atoms with Gasteiger partial charge in [0.1, 0.15) is 28.7 Å². The van der Waals surface area contributed by atoms with Gasteiger partial charge in [-0.3, -0.25) is 10.0 Å². The summed E-state index contributed by atoms with van der Waals surface area (Å²) in [6.07, 6.45) is 1.24. The van der Waals surface area contributed by atoms with Crippen LogP contribution in [0, 0.1) is 0 Å². The normalized spacial score (nSPS) is 10.4. The maximum atomic E-state index is 13.3. The smallest absolute Gasteiger partial charge is 0.338 e. The quantitative estimate of drug-likeness (QED) is 0.142. The van der Waals surface area contributed by atoms with Crippen LogP contribution in [-0.4, -0.2) is 63.7 Å². The molecular formula is C26H32N4O7. The summed E-state index contributed by atoms with van der Waals surface area (Å²) in [6, 6.07) is 12.0. The topological polar surface area (TPSA) is 143 Å². The highest BCUT2D eigenvalue weighted by Gasteiger charge is 2.21. The number of ether oxygens (including phenoxy) is 4. The van der Waals surface area contributed by atoms with Crippen LogP contribution in [-0.2, 0) is 0 Å². The summed E-state index contributed by atoms with van der Waals surface area (Å²) in [7, 11) is 6.29. The van der Waals surface area contributed by atoms with Crippen LogP contribution in [0.25, 0.3) is 22.4 Å². The fourth-order valence-electron chi connectivity index (χ4n) is 3.78. The van der Waals surface area contributed by atoms with Gasteiger partial charge in [-0.1, -0.05) is 0 Å². The Kier molecular flexibility index (Phi) is 9.61. The Morgan fingerprint density at radius 1 is 0.784 bits per heavy atom. The summed E-state index contributed by atoms with van der Waals surface area (Å²) in [5.74, 6) is 2.13. The molecule has 0 bridgehead atoms. The Morgan fingerprint density at radius 2 is 1.43 bits per heavy atom. The average molecular weight is 513 g/mol. The number of nitrogens with one attached hydrogen (secondary N) is 4. The monoisotopic (exact) mass is 512 g/mol. The highest BCUT2D eigenvalue weighted by molar-refractivity contribution is 6.01. The van der Waals surface area contributed by atoms with Gasteiger partial charge >= 0.3 is 6.03 Å². The van der Waals surface area contributed by atoms with Gasteiger partial charge in [0.25, 0.3) is 5.91 Å². The molecule has 11 nitrogen and oxygen atoms in total. The van der Waals surface area contributed by atoms with Crippen LogP contribution in [0.3, 0.4) is 0 Å². The molecule has 0 unspecified atom stereocenters. The van der Waals surface area contributed by atoms with E-state index in [9.17, 15) is 9.59 Å². The molecule has 0 fully saturated rings. The number of rotatable bonds is 12. The first kappa shape index (κ1) is 27.2. The maximum Gasteiger partial charge on any atom is 0.338 e. The number of H-pyrrole nitrogens is 1. The third-order valence-corrected chi connectivity index (χ3v) is 5.68. The Balaban J connectivity index is 1.94. The second-order valence-electron chi connectivity index (χ2n) is 7.97. The van der Waals surface area contributed by atoms with Gasteiger partial charge in [0.05, 0.1) is 34.1 Å². The molecule has 1 aromatic heterocycles.